The summed E-state index contributed by atoms with van der Waals surface area (Å²) in [5, 5.41) is 4.24. The van der Waals surface area contributed by atoms with E-state index in [4.69, 9.17) is 9.57 Å². The van der Waals surface area contributed by atoms with Gasteiger partial charge in [0.25, 0.3) is 0 Å². The first-order chi connectivity index (χ1) is 15.6. The summed E-state index contributed by atoms with van der Waals surface area (Å²) in [6.45, 7) is 0.477. The predicted octanol–water partition coefficient (Wildman–Crippen LogP) is 4.60. The van der Waals surface area contributed by atoms with Crippen molar-refractivity contribution >= 4 is 11.6 Å². The summed E-state index contributed by atoms with van der Waals surface area (Å²) >= 11 is 0. The quantitative estimate of drug-likeness (QED) is 0.523. The largest absolute Gasteiger partial charge is 0.496 e. The molecule has 1 heterocycles. The molecule has 0 N–H and O–H groups in total. The Morgan fingerprint density at radius 2 is 1.78 bits per heavy atom. The normalized spacial score (nSPS) is 15.1. The summed E-state index contributed by atoms with van der Waals surface area (Å²) in [5.41, 5.74) is 3.02. The van der Waals surface area contributed by atoms with Crippen LogP contribution >= 0.6 is 0 Å². The number of benzene rings is 3. The molecule has 1 atom stereocenters. The molecule has 0 radical (unpaired) electrons. The van der Waals surface area contributed by atoms with Crippen LogP contribution in [0.5, 0.6) is 5.75 Å². The fourth-order valence-corrected chi connectivity index (χ4v) is 3.78. The van der Waals surface area contributed by atoms with Crippen LogP contribution in [0.4, 0.5) is 4.39 Å². The lowest BCUT2D eigenvalue weighted by molar-refractivity contribution is -0.133. The molecule has 32 heavy (non-hydrogen) atoms. The van der Waals surface area contributed by atoms with Crippen molar-refractivity contribution < 1.29 is 18.8 Å². The monoisotopic (exact) mass is 432 g/mol. The number of hydrogen-bond donors (Lipinski definition) is 0. The van der Waals surface area contributed by atoms with Gasteiger partial charge < -0.3 is 14.5 Å². The molecule has 0 saturated heterocycles. The zero-order valence-corrected chi connectivity index (χ0v) is 17.9. The Kier molecular flexibility index (Phi) is 6.80. The molecule has 5 nitrogen and oxygen atoms in total. The van der Waals surface area contributed by atoms with Gasteiger partial charge in [-0.15, -0.1) is 0 Å². The Hall–Kier alpha value is -3.67. The maximum atomic E-state index is 14.3. The van der Waals surface area contributed by atoms with Crippen LogP contribution in [0.15, 0.2) is 84.0 Å². The molecule has 3 aromatic rings. The number of nitrogens with zero attached hydrogens (tertiary/aromatic N) is 2. The number of halogens is 1. The van der Waals surface area contributed by atoms with E-state index in [1.54, 1.807) is 30.2 Å². The van der Waals surface area contributed by atoms with Crippen LogP contribution in [0.3, 0.4) is 0 Å². The highest BCUT2D eigenvalue weighted by molar-refractivity contribution is 6.03. The highest BCUT2D eigenvalue weighted by Gasteiger charge is 2.28. The van der Waals surface area contributed by atoms with Crippen LogP contribution in [0.25, 0.3) is 0 Å². The van der Waals surface area contributed by atoms with Gasteiger partial charge in [0.2, 0.25) is 5.91 Å². The minimum absolute atomic E-state index is 0.0891. The summed E-state index contributed by atoms with van der Waals surface area (Å²) in [6.07, 6.45) is 0.455. The molecule has 1 amide bonds. The van der Waals surface area contributed by atoms with Crippen LogP contribution in [0.2, 0.25) is 0 Å². The third-order valence-electron chi connectivity index (χ3n) is 5.44. The minimum atomic E-state index is -0.330. The van der Waals surface area contributed by atoms with Crippen LogP contribution < -0.4 is 4.74 Å². The van der Waals surface area contributed by atoms with E-state index in [1.165, 1.54) is 6.07 Å². The topological polar surface area (TPSA) is 51.1 Å². The van der Waals surface area contributed by atoms with E-state index in [0.717, 1.165) is 22.6 Å². The first-order valence-electron chi connectivity index (χ1n) is 10.5. The number of methoxy groups -OCH3 is 1. The summed E-state index contributed by atoms with van der Waals surface area (Å²) in [6, 6.07) is 23.7. The number of oxime groups is 1. The number of carbonyl (C=O) groups excluding carboxylic acids is 1. The standard InChI is InChI=1S/C26H25FN2O3/c1-31-25-14-8-6-12-22(25)24-16-21(32-28-24)18-29(17-20-11-5-7-13-23(20)27)26(30)15-19-9-3-2-4-10-19/h2-14,21H,15-18H2,1H3/t21-/m1/s1. The second-order valence-electron chi connectivity index (χ2n) is 7.70. The van der Waals surface area contributed by atoms with Gasteiger partial charge >= 0.3 is 0 Å². The predicted molar refractivity (Wildman–Crippen MR) is 121 cm³/mol. The summed E-state index contributed by atoms with van der Waals surface area (Å²) in [4.78, 5) is 20.5. The van der Waals surface area contributed by atoms with Crippen molar-refractivity contribution in [3.63, 3.8) is 0 Å². The molecule has 0 aromatic heterocycles. The fraction of sp³-hybridized carbons (Fsp3) is 0.231. The van der Waals surface area contributed by atoms with Crippen molar-refractivity contribution in [1.29, 1.82) is 0 Å². The van der Waals surface area contributed by atoms with Crippen molar-refractivity contribution in [3.05, 3.63) is 101 Å². The van der Waals surface area contributed by atoms with E-state index in [1.807, 2.05) is 54.6 Å². The number of para-hydroxylation sites is 1. The molecule has 0 unspecified atom stereocenters. The Morgan fingerprint density at radius 3 is 2.56 bits per heavy atom. The maximum absolute atomic E-state index is 14.3. The molecule has 0 bridgehead atoms. The van der Waals surface area contributed by atoms with Crippen molar-refractivity contribution in [2.45, 2.75) is 25.5 Å². The molecular weight excluding hydrogens is 407 g/mol. The van der Waals surface area contributed by atoms with Gasteiger partial charge in [-0.3, -0.25) is 4.79 Å². The Labute approximate surface area is 187 Å². The molecule has 0 fully saturated rings. The lowest BCUT2D eigenvalue weighted by Crippen LogP contribution is -2.38. The first kappa shape index (κ1) is 21.6. The number of rotatable bonds is 8. The van der Waals surface area contributed by atoms with Gasteiger partial charge in [-0.05, 0) is 23.8 Å². The van der Waals surface area contributed by atoms with E-state index >= 15 is 0 Å². The second kappa shape index (κ2) is 10.1. The molecular formula is C26H25FN2O3. The average molecular weight is 432 g/mol. The molecule has 164 valence electrons. The number of ether oxygens (including phenoxy) is 1. The summed E-state index contributed by atoms with van der Waals surface area (Å²) in [7, 11) is 1.62. The Morgan fingerprint density at radius 1 is 1.06 bits per heavy atom. The smallest absolute Gasteiger partial charge is 0.227 e. The van der Waals surface area contributed by atoms with Crippen LogP contribution in [-0.2, 0) is 22.6 Å². The van der Waals surface area contributed by atoms with Crippen LogP contribution in [-0.4, -0.2) is 36.3 Å². The highest BCUT2D eigenvalue weighted by atomic mass is 19.1. The lowest BCUT2D eigenvalue weighted by atomic mass is 10.0. The molecule has 3 aromatic carbocycles. The third kappa shape index (κ3) is 5.14. The first-order valence-corrected chi connectivity index (χ1v) is 10.5. The van der Waals surface area contributed by atoms with E-state index in [0.29, 0.717) is 18.5 Å². The highest BCUT2D eigenvalue weighted by Crippen LogP contribution is 2.25. The van der Waals surface area contributed by atoms with Gasteiger partial charge in [0.15, 0.2) is 6.10 Å². The van der Waals surface area contributed by atoms with Gasteiger partial charge in [0, 0.05) is 24.1 Å². The Bertz CT molecular complexity index is 1100. The van der Waals surface area contributed by atoms with E-state index in [-0.39, 0.29) is 30.8 Å². The molecule has 6 heteroatoms. The third-order valence-corrected chi connectivity index (χ3v) is 5.44. The minimum Gasteiger partial charge on any atom is -0.496 e. The van der Waals surface area contributed by atoms with Crippen molar-refractivity contribution in [2.24, 2.45) is 5.16 Å². The van der Waals surface area contributed by atoms with Crippen molar-refractivity contribution in [2.75, 3.05) is 13.7 Å². The number of carbonyl (C=O) groups is 1. The van der Waals surface area contributed by atoms with Gasteiger partial charge in [-0.2, -0.15) is 0 Å². The van der Waals surface area contributed by atoms with E-state index in [9.17, 15) is 9.18 Å². The maximum Gasteiger partial charge on any atom is 0.227 e. The lowest BCUT2D eigenvalue weighted by Gasteiger charge is -2.25. The fourth-order valence-electron chi connectivity index (χ4n) is 3.78. The zero-order valence-electron chi connectivity index (χ0n) is 17.9. The number of hydrogen-bond acceptors (Lipinski definition) is 4. The van der Waals surface area contributed by atoms with Gasteiger partial charge in [-0.25, -0.2) is 4.39 Å². The second-order valence-corrected chi connectivity index (χ2v) is 7.70. The summed E-state index contributed by atoms with van der Waals surface area (Å²) < 4.78 is 19.7. The van der Waals surface area contributed by atoms with Crippen molar-refractivity contribution in [1.82, 2.24) is 4.90 Å². The molecule has 4 rings (SSSR count). The summed E-state index contributed by atoms with van der Waals surface area (Å²) in [5.74, 6) is 0.302. The number of amides is 1. The van der Waals surface area contributed by atoms with E-state index in [2.05, 4.69) is 5.16 Å². The molecule has 0 spiro atoms. The molecule has 1 aliphatic rings. The SMILES string of the molecule is COc1ccccc1C1=NO[C@@H](CN(Cc2ccccc2F)C(=O)Cc2ccccc2)C1. The molecule has 0 aliphatic carbocycles. The van der Waals surface area contributed by atoms with Gasteiger partial charge in [0.05, 0.1) is 25.8 Å². The van der Waals surface area contributed by atoms with Gasteiger partial charge in [0.1, 0.15) is 11.6 Å². The zero-order chi connectivity index (χ0) is 22.3. The molecule has 1 aliphatic heterocycles. The molecule has 0 saturated carbocycles. The van der Waals surface area contributed by atoms with Gasteiger partial charge in [-0.1, -0.05) is 65.8 Å². The Balaban J connectivity index is 1.49. The average Bonchev–Trinajstić information content (AvgIpc) is 3.29. The van der Waals surface area contributed by atoms with Crippen LogP contribution in [0, 0.1) is 5.82 Å². The van der Waals surface area contributed by atoms with Crippen LogP contribution in [0.1, 0.15) is 23.1 Å². The van der Waals surface area contributed by atoms with E-state index < -0.39 is 0 Å². The van der Waals surface area contributed by atoms with Crippen molar-refractivity contribution in [3.8, 4) is 5.75 Å².